The van der Waals surface area contributed by atoms with Gasteiger partial charge in [-0.3, -0.25) is 4.79 Å². The van der Waals surface area contributed by atoms with Crippen LogP contribution in [0, 0.1) is 0 Å². The molecule has 2 heterocycles. The molecule has 1 aromatic heterocycles. The van der Waals surface area contributed by atoms with Crippen LogP contribution in [-0.4, -0.2) is 52.9 Å². The zero-order chi connectivity index (χ0) is 23.2. The third-order valence-electron chi connectivity index (χ3n) is 5.93. The normalized spacial score (nSPS) is 12.3. The highest BCUT2D eigenvalue weighted by molar-refractivity contribution is 7.80. The summed E-state index contributed by atoms with van der Waals surface area (Å²) in [7, 11) is 0. The number of fused-ring (bicyclic) bond motifs is 2. The molecule has 1 aliphatic heterocycles. The summed E-state index contributed by atoms with van der Waals surface area (Å²) in [5.41, 5.74) is 2.42. The highest BCUT2D eigenvalue weighted by Crippen LogP contribution is 2.35. The maximum Gasteiger partial charge on any atom is 0.253 e. The summed E-state index contributed by atoms with van der Waals surface area (Å²) in [5.74, 6) is 1.34. The Morgan fingerprint density at radius 3 is 2.52 bits per heavy atom. The number of rotatable bonds is 9. The van der Waals surface area contributed by atoms with Gasteiger partial charge < -0.3 is 29.6 Å². The minimum Gasteiger partial charge on any atom is -0.454 e. The van der Waals surface area contributed by atoms with Gasteiger partial charge >= 0.3 is 0 Å². The van der Waals surface area contributed by atoms with Crippen molar-refractivity contribution in [3.8, 4) is 11.5 Å². The van der Waals surface area contributed by atoms with E-state index in [0.717, 1.165) is 42.6 Å². The summed E-state index contributed by atoms with van der Waals surface area (Å²) in [6.07, 6.45) is 0. The van der Waals surface area contributed by atoms with Crippen molar-refractivity contribution in [3.63, 3.8) is 0 Å². The molecule has 2 N–H and O–H groups in total. The molecule has 0 saturated heterocycles. The second-order valence-corrected chi connectivity index (χ2v) is 8.40. The molecule has 0 bridgehead atoms. The van der Waals surface area contributed by atoms with Gasteiger partial charge in [-0.25, -0.2) is 0 Å². The minimum absolute atomic E-state index is 0.125. The van der Waals surface area contributed by atoms with Crippen LogP contribution < -0.4 is 20.3 Å². The molecule has 8 heteroatoms. The molecule has 2 aromatic carbocycles. The fourth-order valence-electron chi connectivity index (χ4n) is 3.90. The first-order chi connectivity index (χ1) is 16.1. The molecule has 0 atom stereocenters. The SMILES string of the molecule is CCN(CC)CCN(Cc1cc2cc3c(cc2[nH]c1=O)OCO3)C(=S)NCc1ccccc1. The first-order valence-electron chi connectivity index (χ1n) is 11.3. The molecule has 0 radical (unpaired) electrons. The van der Waals surface area contributed by atoms with Gasteiger partial charge in [-0.1, -0.05) is 44.2 Å². The number of aromatic amines is 1. The fraction of sp³-hybridized carbons (Fsp3) is 0.360. The summed E-state index contributed by atoms with van der Waals surface area (Å²) in [6, 6.07) is 15.8. The van der Waals surface area contributed by atoms with E-state index in [-0.39, 0.29) is 12.4 Å². The number of ether oxygens (including phenoxy) is 2. The summed E-state index contributed by atoms with van der Waals surface area (Å²) in [5, 5.41) is 4.90. The zero-order valence-corrected chi connectivity index (χ0v) is 19.9. The number of hydrogen-bond donors (Lipinski definition) is 2. The number of aromatic nitrogens is 1. The topological polar surface area (TPSA) is 69.8 Å². The lowest BCUT2D eigenvalue weighted by Crippen LogP contribution is -2.44. The van der Waals surface area contributed by atoms with Gasteiger partial charge in [-0.15, -0.1) is 0 Å². The molecule has 1 aliphatic rings. The standard InChI is InChI=1S/C25H30N4O3S/c1-3-28(4-2)10-11-29(25(33)26-15-18-8-6-5-7-9-18)16-20-12-19-13-22-23(32-17-31-22)14-21(19)27-24(20)30/h5-9,12-14H,3-4,10-11,15-17H2,1-2H3,(H,26,33)(H,27,30). The Morgan fingerprint density at radius 1 is 1.06 bits per heavy atom. The van der Waals surface area contributed by atoms with Crippen molar-refractivity contribution in [1.29, 1.82) is 0 Å². The minimum atomic E-state index is -0.125. The number of likely N-dealkylation sites (N-methyl/N-ethyl adjacent to an activating group) is 1. The van der Waals surface area contributed by atoms with E-state index in [0.29, 0.717) is 35.3 Å². The maximum absolute atomic E-state index is 12.9. The van der Waals surface area contributed by atoms with Crippen LogP contribution in [0.25, 0.3) is 10.9 Å². The van der Waals surface area contributed by atoms with E-state index >= 15 is 0 Å². The predicted octanol–water partition coefficient (Wildman–Crippen LogP) is 3.48. The molecule has 3 aromatic rings. The van der Waals surface area contributed by atoms with Gasteiger partial charge in [0.2, 0.25) is 6.79 Å². The summed E-state index contributed by atoms with van der Waals surface area (Å²) >= 11 is 5.75. The van der Waals surface area contributed by atoms with Gasteiger partial charge in [0.05, 0.1) is 12.1 Å². The van der Waals surface area contributed by atoms with Crippen LogP contribution >= 0.6 is 12.2 Å². The zero-order valence-electron chi connectivity index (χ0n) is 19.1. The predicted molar refractivity (Wildman–Crippen MR) is 135 cm³/mol. The van der Waals surface area contributed by atoms with Gasteiger partial charge in [0, 0.05) is 36.7 Å². The Bertz CT molecular complexity index is 1160. The summed E-state index contributed by atoms with van der Waals surface area (Å²) < 4.78 is 10.9. The monoisotopic (exact) mass is 466 g/mol. The van der Waals surface area contributed by atoms with Crippen molar-refractivity contribution < 1.29 is 9.47 Å². The van der Waals surface area contributed by atoms with Crippen molar-refractivity contribution >= 4 is 28.2 Å². The molecule has 0 amide bonds. The van der Waals surface area contributed by atoms with E-state index in [9.17, 15) is 4.79 Å². The Labute approximate surface area is 199 Å². The summed E-state index contributed by atoms with van der Waals surface area (Å²) in [4.78, 5) is 20.3. The molecule has 0 saturated carbocycles. The van der Waals surface area contributed by atoms with Gasteiger partial charge in [-0.2, -0.15) is 0 Å². The molecular weight excluding hydrogens is 436 g/mol. The number of hydrogen-bond acceptors (Lipinski definition) is 5. The number of pyridine rings is 1. The number of nitrogens with one attached hydrogen (secondary N) is 2. The molecular formula is C25H30N4O3S. The molecule has 0 fully saturated rings. The first kappa shape index (κ1) is 23.1. The largest absolute Gasteiger partial charge is 0.454 e. The Kier molecular flexibility index (Phi) is 7.47. The quantitative estimate of drug-likeness (QED) is 0.468. The van der Waals surface area contributed by atoms with E-state index in [2.05, 4.69) is 46.1 Å². The summed E-state index contributed by atoms with van der Waals surface area (Å²) in [6.45, 7) is 9.09. The second-order valence-electron chi connectivity index (χ2n) is 8.01. The highest BCUT2D eigenvalue weighted by atomic mass is 32.1. The molecule has 7 nitrogen and oxygen atoms in total. The Morgan fingerprint density at radius 2 is 1.79 bits per heavy atom. The van der Waals surface area contributed by atoms with Crippen molar-refractivity contribution in [2.45, 2.75) is 26.9 Å². The Hall–Kier alpha value is -3.10. The van der Waals surface area contributed by atoms with Crippen molar-refractivity contribution in [1.82, 2.24) is 20.1 Å². The molecule has 0 aliphatic carbocycles. The number of thiocarbonyl (C=S) groups is 1. The van der Waals surface area contributed by atoms with Gasteiger partial charge in [0.1, 0.15) is 0 Å². The molecule has 0 spiro atoms. The van der Waals surface area contributed by atoms with Crippen LogP contribution in [0.15, 0.2) is 53.3 Å². The second kappa shape index (κ2) is 10.7. The van der Waals surface area contributed by atoms with Crippen LogP contribution in [0.1, 0.15) is 25.0 Å². The fourth-order valence-corrected chi connectivity index (χ4v) is 4.13. The average molecular weight is 467 g/mol. The molecule has 0 unspecified atom stereocenters. The number of H-pyrrole nitrogens is 1. The molecule has 33 heavy (non-hydrogen) atoms. The van der Waals surface area contributed by atoms with E-state index in [1.807, 2.05) is 36.4 Å². The van der Waals surface area contributed by atoms with Gasteiger partial charge in [0.25, 0.3) is 5.56 Å². The third-order valence-corrected chi connectivity index (χ3v) is 6.33. The van der Waals surface area contributed by atoms with Crippen LogP contribution in [0.2, 0.25) is 0 Å². The van der Waals surface area contributed by atoms with Gasteiger partial charge in [0.15, 0.2) is 16.6 Å². The van der Waals surface area contributed by atoms with Crippen LogP contribution in [0.3, 0.4) is 0 Å². The highest BCUT2D eigenvalue weighted by Gasteiger charge is 2.18. The van der Waals surface area contributed by atoms with E-state index in [1.165, 1.54) is 0 Å². The smallest absolute Gasteiger partial charge is 0.253 e. The van der Waals surface area contributed by atoms with Crippen molar-refractivity contribution in [2.24, 2.45) is 0 Å². The van der Waals surface area contributed by atoms with E-state index in [4.69, 9.17) is 21.7 Å². The maximum atomic E-state index is 12.9. The van der Waals surface area contributed by atoms with Crippen molar-refractivity contribution in [3.05, 3.63) is 70.0 Å². The third kappa shape index (κ3) is 5.64. The first-order valence-corrected chi connectivity index (χ1v) is 11.7. The number of benzene rings is 2. The van der Waals surface area contributed by atoms with E-state index in [1.54, 1.807) is 0 Å². The lowest BCUT2D eigenvalue weighted by Gasteiger charge is -2.29. The van der Waals surface area contributed by atoms with E-state index < -0.39 is 0 Å². The number of nitrogens with zero attached hydrogens (tertiary/aromatic N) is 2. The Balaban J connectivity index is 1.54. The molecule has 174 valence electrons. The lowest BCUT2D eigenvalue weighted by molar-refractivity contribution is 0.174. The molecule has 4 rings (SSSR count). The van der Waals surface area contributed by atoms with Crippen molar-refractivity contribution in [2.75, 3.05) is 33.0 Å². The van der Waals surface area contributed by atoms with Crippen LogP contribution in [0.5, 0.6) is 11.5 Å². The van der Waals surface area contributed by atoms with Gasteiger partial charge in [-0.05, 0) is 43.0 Å². The van der Waals surface area contributed by atoms with Crippen LogP contribution in [0.4, 0.5) is 0 Å². The average Bonchev–Trinajstić information content (AvgIpc) is 3.29. The lowest BCUT2D eigenvalue weighted by atomic mass is 10.1. The van der Waals surface area contributed by atoms with Crippen LogP contribution in [-0.2, 0) is 13.1 Å².